The Bertz CT molecular complexity index is 901. The molecule has 30 heavy (non-hydrogen) atoms. The molecule has 160 valence electrons. The highest BCUT2D eigenvalue weighted by atomic mass is 35.5. The topological polar surface area (TPSA) is 66.0 Å². The molecule has 2 aromatic rings. The van der Waals surface area contributed by atoms with Gasteiger partial charge in [-0.15, -0.1) is 0 Å². The van der Waals surface area contributed by atoms with E-state index in [1.54, 1.807) is 14.2 Å². The van der Waals surface area contributed by atoms with Gasteiger partial charge in [0, 0.05) is 44.7 Å². The maximum atomic E-state index is 11.8. The van der Waals surface area contributed by atoms with E-state index in [0.29, 0.717) is 31.1 Å². The first-order chi connectivity index (χ1) is 14.6. The lowest BCUT2D eigenvalue weighted by Crippen LogP contribution is -2.37. The van der Waals surface area contributed by atoms with Crippen molar-refractivity contribution in [2.24, 2.45) is 4.99 Å². The first-order valence-electron chi connectivity index (χ1n) is 10.2. The summed E-state index contributed by atoms with van der Waals surface area (Å²) in [5.41, 5.74) is 3.37. The average molecular weight is 429 g/mol. The monoisotopic (exact) mass is 428 g/mol. The van der Waals surface area contributed by atoms with Crippen molar-refractivity contribution in [3.8, 4) is 5.75 Å². The summed E-state index contributed by atoms with van der Waals surface area (Å²) in [6, 6.07) is 14.0. The van der Waals surface area contributed by atoms with E-state index in [0.717, 1.165) is 47.8 Å². The minimum atomic E-state index is 0.250. The number of nitrogens with zero attached hydrogens (tertiary/aromatic N) is 2. The second-order valence-corrected chi connectivity index (χ2v) is 7.71. The van der Waals surface area contributed by atoms with Crippen molar-refractivity contribution in [3.05, 3.63) is 64.2 Å². The Balaban J connectivity index is 1.47. The van der Waals surface area contributed by atoms with Crippen LogP contribution < -0.4 is 15.4 Å². The number of rotatable bonds is 8. The smallest absolute Gasteiger partial charge is 0.222 e. The molecule has 0 saturated carbocycles. The van der Waals surface area contributed by atoms with Crippen LogP contribution in [0.25, 0.3) is 0 Å². The number of halogens is 1. The highest BCUT2D eigenvalue weighted by Gasteiger charge is 2.19. The van der Waals surface area contributed by atoms with E-state index in [2.05, 4.69) is 33.8 Å². The van der Waals surface area contributed by atoms with Crippen molar-refractivity contribution in [1.29, 1.82) is 0 Å². The molecule has 0 unspecified atom stereocenters. The van der Waals surface area contributed by atoms with Crippen LogP contribution in [0.4, 0.5) is 0 Å². The lowest BCUT2D eigenvalue weighted by Gasteiger charge is -2.16. The first-order valence-corrected chi connectivity index (χ1v) is 10.6. The molecule has 0 bridgehead atoms. The number of benzene rings is 2. The van der Waals surface area contributed by atoms with Crippen molar-refractivity contribution >= 4 is 23.5 Å². The number of nitrogens with one attached hydrogen (secondary N) is 2. The molecule has 7 heteroatoms. The normalized spacial score (nSPS) is 14.2. The van der Waals surface area contributed by atoms with E-state index in [-0.39, 0.29) is 5.91 Å². The molecule has 0 spiro atoms. The van der Waals surface area contributed by atoms with Gasteiger partial charge in [0.25, 0.3) is 0 Å². The van der Waals surface area contributed by atoms with Crippen molar-refractivity contribution in [3.63, 3.8) is 0 Å². The lowest BCUT2D eigenvalue weighted by atomic mass is 10.1. The van der Waals surface area contributed by atoms with Gasteiger partial charge in [-0.2, -0.15) is 0 Å². The van der Waals surface area contributed by atoms with Gasteiger partial charge in [-0.25, -0.2) is 0 Å². The Morgan fingerprint density at radius 2 is 2.03 bits per heavy atom. The Labute approximate surface area is 183 Å². The molecule has 3 rings (SSSR count). The van der Waals surface area contributed by atoms with Crippen LogP contribution in [0.15, 0.2) is 47.5 Å². The number of ether oxygens (including phenoxy) is 1. The second kappa shape index (κ2) is 10.9. The van der Waals surface area contributed by atoms with E-state index in [1.165, 1.54) is 0 Å². The van der Waals surface area contributed by atoms with Gasteiger partial charge in [0.05, 0.1) is 7.11 Å². The zero-order valence-electron chi connectivity index (χ0n) is 17.6. The van der Waals surface area contributed by atoms with Crippen LogP contribution in [0.3, 0.4) is 0 Å². The molecule has 0 atom stereocenters. The molecule has 1 saturated heterocycles. The molecule has 1 heterocycles. The van der Waals surface area contributed by atoms with E-state index >= 15 is 0 Å². The number of amides is 1. The maximum absolute atomic E-state index is 11.8. The predicted octanol–water partition coefficient (Wildman–Crippen LogP) is 3.38. The molecule has 1 fully saturated rings. The van der Waals surface area contributed by atoms with Gasteiger partial charge in [0.15, 0.2) is 5.96 Å². The average Bonchev–Trinajstić information content (AvgIpc) is 3.16. The summed E-state index contributed by atoms with van der Waals surface area (Å²) in [7, 11) is 3.38. The maximum Gasteiger partial charge on any atom is 0.222 e. The van der Waals surface area contributed by atoms with Crippen LogP contribution in [-0.2, 0) is 24.3 Å². The van der Waals surface area contributed by atoms with Gasteiger partial charge in [-0.3, -0.25) is 9.79 Å². The number of hydrogen-bond donors (Lipinski definition) is 2. The van der Waals surface area contributed by atoms with Crippen LogP contribution in [0, 0.1) is 0 Å². The number of carbonyl (C=O) groups is 1. The Hall–Kier alpha value is -2.73. The number of guanidine groups is 1. The summed E-state index contributed by atoms with van der Waals surface area (Å²) < 4.78 is 5.19. The summed E-state index contributed by atoms with van der Waals surface area (Å²) in [5, 5.41) is 7.36. The van der Waals surface area contributed by atoms with Gasteiger partial charge in [-0.1, -0.05) is 41.9 Å². The number of methoxy groups -OCH3 is 1. The van der Waals surface area contributed by atoms with Gasteiger partial charge < -0.3 is 20.3 Å². The number of hydrogen-bond acceptors (Lipinski definition) is 3. The Kier molecular flexibility index (Phi) is 7.97. The molecule has 0 aromatic heterocycles. The third kappa shape index (κ3) is 6.13. The summed E-state index contributed by atoms with van der Waals surface area (Å²) in [5.74, 6) is 1.74. The van der Waals surface area contributed by atoms with Crippen molar-refractivity contribution in [1.82, 2.24) is 15.5 Å². The molecule has 0 aliphatic carbocycles. The number of carbonyl (C=O) groups excluding carboxylic acids is 1. The van der Waals surface area contributed by atoms with Gasteiger partial charge >= 0.3 is 0 Å². The zero-order chi connectivity index (χ0) is 21.3. The molecule has 6 nitrogen and oxygen atoms in total. The van der Waals surface area contributed by atoms with Crippen LogP contribution in [-0.4, -0.2) is 44.0 Å². The number of likely N-dealkylation sites (tertiary alicyclic amines) is 1. The summed E-state index contributed by atoms with van der Waals surface area (Å²) in [6.07, 6.45) is 2.41. The molecule has 0 radical (unpaired) electrons. The fourth-order valence-corrected chi connectivity index (χ4v) is 3.77. The van der Waals surface area contributed by atoms with Gasteiger partial charge in [-0.05, 0) is 41.7 Å². The fourth-order valence-electron chi connectivity index (χ4n) is 3.51. The highest BCUT2D eigenvalue weighted by Crippen LogP contribution is 2.22. The molecule has 1 amide bonds. The summed E-state index contributed by atoms with van der Waals surface area (Å²) in [6.45, 7) is 2.91. The van der Waals surface area contributed by atoms with Crippen molar-refractivity contribution in [2.75, 3.05) is 27.2 Å². The molecule has 2 aromatic carbocycles. The van der Waals surface area contributed by atoms with Crippen molar-refractivity contribution < 1.29 is 9.53 Å². The van der Waals surface area contributed by atoms with E-state index < -0.39 is 0 Å². The Morgan fingerprint density at radius 3 is 2.73 bits per heavy atom. The molecule has 1 aliphatic heterocycles. The van der Waals surface area contributed by atoms with E-state index in [1.807, 2.05) is 29.2 Å². The van der Waals surface area contributed by atoms with Crippen LogP contribution in [0.1, 0.15) is 29.5 Å². The third-order valence-electron chi connectivity index (χ3n) is 5.17. The molecule has 2 N–H and O–H groups in total. The zero-order valence-corrected chi connectivity index (χ0v) is 18.3. The Morgan fingerprint density at radius 1 is 1.20 bits per heavy atom. The van der Waals surface area contributed by atoms with Gasteiger partial charge in [0.2, 0.25) is 5.91 Å². The quantitative estimate of drug-likeness (QED) is 0.499. The van der Waals surface area contributed by atoms with E-state index in [4.69, 9.17) is 16.3 Å². The third-order valence-corrected chi connectivity index (χ3v) is 5.52. The second-order valence-electron chi connectivity index (χ2n) is 7.30. The predicted molar refractivity (Wildman–Crippen MR) is 121 cm³/mol. The summed E-state index contributed by atoms with van der Waals surface area (Å²) >= 11 is 6.31. The molecular weight excluding hydrogens is 400 g/mol. The fraction of sp³-hybridized carbons (Fsp3) is 0.391. The van der Waals surface area contributed by atoms with Crippen LogP contribution >= 0.6 is 11.6 Å². The van der Waals surface area contributed by atoms with Crippen LogP contribution in [0.5, 0.6) is 5.75 Å². The first kappa shape index (κ1) is 22.0. The van der Waals surface area contributed by atoms with Crippen molar-refractivity contribution in [2.45, 2.75) is 32.4 Å². The van der Waals surface area contributed by atoms with Gasteiger partial charge in [0.1, 0.15) is 5.75 Å². The van der Waals surface area contributed by atoms with Crippen LogP contribution in [0.2, 0.25) is 5.02 Å². The minimum absolute atomic E-state index is 0.250. The highest BCUT2D eigenvalue weighted by molar-refractivity contribution is 6.31. The van der Waals surface area contributed by atoms with E-state index in [9.17, 15) is 4.79 Å². The minimum Gasteiger partial charge on any atom is -0.497 e. The lowest BCUT2D eigenvalue weighted by molar-refractivity contribution is -0.128. The summed E-state index contributed by atoms with van der Waals surface area (Å²) in [4.78, 5) is 18.1. The largest absolute Gasteiger partial charge is 0.497 e. The molecular formula is C23H29ClN4O2. The standard InChI is InChI=1S/C23H29ClN4O2/c1-25-23(26-11-10-19-8-9-20(30-2)14-21(19)24)27-15-17-5-3-6-18(13-17)16-28-12-4-7-22(28)29/h3,5-6,8-9,13-14H,4,7,10-12,15-16H2,1-2H3,(H2,25,26,27). The SMILES string of the molecule is CN=C(NCCc1ccc(OC)cc1Cl)NCc1cccc(CN2CCCC2=O)c1. The number of aliphatic imine (C=N–C) groups is 1. The molecule has 1 aliphatic rings.